The number of hydrogen-bond donors (Lipinski definition) is 3. The van der Waals surface area contributed by atoms with Crippen LogP contribution in [0.25, 0.3) is 0 Å². The molecule has 12 heteroatoms. The maximum Gasteiger partial charge on any atom is 0.237 e. The summed E-state index contributed by atoms with van der Waals surface area (Å²) in [5.41, 5.74) is 1.42. The third kappa shape index (κ3) is 6.35. The molecule has 3 N–H and O–H groups in total. The first-order chi connectivity index (χ1) is 18.7. The fraction of sp³-hybridized carbons (Fsp3) is 0.750. The number of nitrogens with one attached hydrogen (secondary N) is 2. The molecule has 0 spiro atoms. The van der Waals surface area contributed by atoms with Crippen LogP contribution in [0.4, 0.5) is 5.69 Å². The van der Waals surface area contributed by atoms with Crippen molar-refractivity contribution in [3.8, 4) is 0 Å². The molecule has 2 saturated carbocycles. The Labute approximate surface area is 239 Å². The van der Waals surface area contributed by atoms with Crippen molar-refractivity contribution in [3.05, 3.63) is 29.8 Å². The van der Waals surface area contributed by atoms with Gasteiger partial charge in [-0.1, -0.05) is 32.0 Å². The van der Waals surface area contributed by atoms with Crippen LogP contribution in [0.15, 0.2) is 24.3 Å². The van der Waals surface area contributed by atoms with Crippen molar-refractivity contribution in [1.29, 1.82) is 0 Å². The van der Waals surface area contributed by atoms with E-state index in [0.29, 0.717) is 38.5 Å². The predicted octanol–water partition coefficient (Wildman–Crippen LogP) is 1.14. The third-order valence-corrected chi connectivity index (χ3v) is 12.9. The van der Waals surface area contributed by atoms with E-state index in [9.17, 15) is 26.7 Å². The summed E-state index contributed by atoms with van der Waals surface area (Å²) in [6.45, 7) is 8.41. The van der Waals surface area contributed by atoms with Crippen LogP contribution in [-0.4, -0.2) is 101 Å². The summed E-state index contributed by atoms with van der Waals surface area (Å²) in [4.78, 5) is 15.6. The quantitative estimate of drug-likeness (QED) is 0.326. The number of carbonyl (C=O) groups excluding carboxylic acids is 1. The first-order valence-electron chi connectivity index (χ1n) is 14.3. The van der Waals surface area contributed by atoms with Crippen molar-refractivity contribution in [2.75, 3.05) is 62.0 Å². The van der Waals surface area contributed by atoms with Gasteiger partial charge in [0.2, 0.25) is 15.9 Å². The number of nitrogens with zero attached hydrogens (tertiary/aromatic N) is 2. The van der Waals surface area contributed by atoms with Gasteiger partial charge in [0.1, 0.15) is 9.84 Å². The van der Waals surface area contributed by atoms with E-state index in [4.69, 9.17) is 0 Å². The summed E-state index contributed by atoms with van der Waals surface area (Å²) in [6, 6.07) is 7.03. The van der Waals surface area contributed by atoms with Gasteiger partial charge in [-0.25, -0.2) is 16.8 Å². The van der Waals surface area contributed by atoms with E-state index in [2.05, 4.69) is 48.4 Å². The molecule has 3 unspecified atom stereocenters. The Hall–Kier alpha value is -1.73. The molecule has 10 nitrogen and oxygen atoms in total. The molecule has 1 aromatic rings. The van der Waals surface area contributed by atoms with Gasteiger partial charge in [-0.15, -0.1) is 0 Å². The zero-order valence-electron chi connectivity index (χ0n) is 24.2. The van der Waals surface area contributed by atoms with Gasteiger partial charge in [0.15, 0.2) is 0 Å². The number of aliphatic hydroxyl groups is 1. The first kappa shape index (κ1) is 31.2. The van der Waals surface area contributed by atoms with Crippen molar-refractivity contribution in [2.45, 2.75) is 58.5 Å². The van der Waals surface area contributed by atoms with E-state index in [1.54, 1.807) is 4.31 Å². The van der Waals surface area contributed by atoms with Crippen LogP contribution in [0.2, 0.25) is 0 Å². The second kappa shape index (κ2) is 11.9. The summed E-state index contributed by atoms with van der Waals surface area (Å²) < 4.78 is 53.0. The van der Waals surface area contributed by atoms with Gasteiger partial charge in [-0.2, -0.15) is 4.31 Å². The van der Waals surface area contributed by atoms with Gasteiger partial charge in [-0.05, 0) is 55.6 Å². The second-order valence-electron chi connectivity index (χ2n) is 12.5. The zero-order valence-corrected chi connectivity index (χ0v) is 25.9. The molecule has 2 bridgehead atoms. The Bertz CT molecular complexity index is 1280. The van der Waals surface area contributed by atoms with E-state index in [-0.39, 0.29) is 48.4 Å². The minimum Gasteiger partial charge on any atom is -0.395 e. The number of rotatable bonds is 12. The predicted molar refractivity (Wildman–Crippen MR) is 157 cm³/mol. The Kier molecular flexibility index (Phi) is 9.26. The summed E-state index contributed by atoms with van der Waals surface area (Å²) in [5.74, 6) is -0.215. The molecule has 1 heterocycles. The Morgan fingerprint density at radius 2 is 1.80 bits per heavy atom. The van der Waals surface area contributed by atoms with Crippen molar-refractivity contribution >= 4 is 31.5 Å². The maximum absolute atomic E-state index is 13.9. The molecule has 1 aliphatic heterocycles. The smallest absolute Gasteiger partial charge is 0.237 e. The van der Waals surface area contributed by atoms with Crippen molar-refractivity contribution in [1.82, 2.24) is 14.9 Å². The zero-order chi connectivity index (χ0) is 29.3. The number of fused-ring (bicyclic) bond motifs is 2. The van der Waals surface area contributed by atoms with Gasteiger partial charge in [-0.3, -0.25) is 4.79 Å². The highest BCUT2D eigenvalue weighted by atomic mass is 32.2. The van der Waals surface area contributed by atoms with Crippen molar-refractivity contribution in [3.63, 3.8) is 0 Å². The second-order valence-corrected chi connectivity index (χ2v) is 16.7. The highest BCUT2D eigenvalue weighted by Crippen LogP contribution is 2.66. The minimum atomic E-state index is -3.60. The standard InChI is InChI=1S/C28H46N4O6S2/c1-21-7-5-6-8-24(21)31-13-15-32(16-14-31)40(37,38)20-28-11-9-22(27(28,2)3)19-25(28)30-26(34)23(29-12-17-33)10-18-39(4,35)36/h5-8,22-23,25,29,33H,9-20H2,1-4H3,(H,30,34)/t22?,23-,25?,28?/m0/s1. The third-order valence-electron chi connectivity index (χ3n) is 9.87. The van der Waals surface area contributed by atoms with Crippen LogP contribution >= 0.6 is 0 Å². The summed E-state index contributed by atoms with van der Waals surface area (Å²) >= 11 is 0. The van der Waals surface area contributed by atoms with E-state index in [0.717, 1.165) is 24.8 Å². The topological polar surface area (TPSA) is 136 Å². The Morgan fingerprint density at radius 1 is 1.12 bits per heavy atom. The van der Waals surface area contributed by atoms with E-state index in [1.807, 2.05) is 12.1 Å². The number of aliphatic hydroxyl groups excluding tert-OH is 1. The maximum atomic E-state index is 13.9. The lowest BCUT2D eigenvalue weighted by Gasteiger charge is -2.44. The molecule has 2 aliphatic carbocycles. The minimum absolute atomic E-state index is 0.0170. The fourth-order valence-corrected chi connectivity index (χ4v) is 10.3. The fourth-order valence-electron chi connectivity index (χ4n) is 7.33. The number of sulfonamides is 1. The Morgan fingerprint density at radius 3 is 2.40 bits per heavy atom. The highest BCUT2D eigenvalue weighted by Gasteiger charge is 2.66. The molecule has 0 radical (unpaired) electrons. The van der Waals surface area contributed by atoms with Crippen molar-refractivity contribution in [2.24, 2.45) is 16.7 Å². The number of piperazine rings is 1. The molecule has 3 aliphatic rings. The summed E-state index contributed by atoms with van der Waals surface area (Å²) in [5, 5.41) is 15.4. The summed E-state index contributed by atoms with van der Waals surface area (Å²) in [7, 11) is -6.88. The number of aryl methyl sites for hydroxylation is 1. The molecule has 0 aromatic heterocycles. The number of amides is 1. The van der Waals surface area contributed by atoms with Gasteiger partial charge in [0, 0.05) is 56.1 Å². The SMILES string of the molecule is Cc1ccccc1N1CCN(S(=O)(=O)CC23CCC(CC2NC(=O)[C@H](CCS(C)(=O)=O)NCCO)C3(C)C)CC1. The monoisotopic (exact) mass is 598 g/mol. The molecule has 40 heavy (non-hydrogen) atoms. The average molecular weight is 599 g/mol. The molecule has 4 rings (SSSR count). The number of hydrogen-bond acceptors (Lipinski definition) is 8. The normalized spacial score (nSPS) is 27.6. The number of benzene rings is 1. The van der Waals surface area contributed by atoms with Crippen LogP contribution in [0, 0.1) is 23.7 Å². The number of para-hydroxylation sites is 1. The van der Waals surface area contributed by atoms with Gasteiger partial charge >= 0.3 is 0 Å². The first-order valence-corrected chi connectivity index (χ1v) is 18.0. The molecular formula is C28H46N4O6S2. The summed E-state index contributed by atoms with van der Waals surface area (Å²) in [6.07, 6.45) is 3.56. The molecule has 1 amide bonds. The lowest BCUT2D eigenvalue weighted by atomic mass is 9.69. The van der Waals surface area contributed by atoms with E-state index >= 15 is 0 Å². The van der Waals surface area contributed by atoms with E-state index in [1.165, 1.54) is 5.56 Å². The molecule has 226 valence electrons. The average Bonchev–Trinajstić information content (AvgIpc) is 3.23. The lowest BCUT2D eigenvalue weighted by molar-refractivity contribution is -0.125. The van der Waals surface area contributed by atoms with Gasteiger partial charge in [0.25, 0.3) is 0 Å². The van der Waals surface area contributed by atoms with Crippen LogP contribution in [0.5, 0.6) is 0 Å². The van der Waals surface area contributed by atoms with Crippen LogP contribution in [0.3, 0.4) is 0 Å². The van der Waals surface area contributed by atoms with Crippen LogP contribution in [-0.2, 0) is 24.7 Å². The highest BCUT2D eigenvalue weighted by molar-refractivity contribution is 7.90. The lowest BCUT2D eigenvalue weighted by Crippen LogP contribution is -2.58. The van der Waals surface area contributed by atoms with Gasteiger partial charge < -0.3 is 20.6 Å². The van der Waals surface area contributed by atoms with Crippen LogP contribution in [0.1, 0.15) is 45.1 Å². The van der Waals surface area contributed by atoms with Gasteiger partial charge in [0.05, 0.1) is 24.2 Å². The molecule has 3 fully saturated rings. The molecule has 1 saturated heterocycles. The number of carbonyl (C=O) groups is 1. The number of sulfone groups is 1. The van der Waals surface area contributed by atoms with Crippen LogP contribution < -0.4 is 15.5 Å². The number of anilines is 1. The molecule has 4 atom stereocenters. The largest absolute Gasteiger partial charge is 0.395 e. The molecule has 1 aromatic carbocycles. The Balaban J connectivity index is 1.48. The molecular weight excluding hydrogens is 552 g/mol. The van der Waals surface area contributed by atoms with E-state index < -0.39 is 31.3 Å². The van der Waals surface area contributed by atoms with Crippen molar-refractivity contribution < 1.29 is 26.7 Å².